The van der Waals surface area contributed by atoms with Gasteiger partial charge in [-0.1, -0.05) is 6.92 Å². The standard InChI is InChI=1S/C30H44N4O8/c1-9-26(36)31-12-14-33-24-16-23(19(4)15-25(24)42-30(7,8)28(33)38)27(37)34(18(2)3)22-11-10-13-32(17-22)29(39)41-21(6)40-20(5)35/h15-16,18,21-22H,9-14,17H2,1-8H3,(H,31,36)/t21?,22-/m1/s1. The largest absolute Gasteiger partial charge is 0.476 e. The molecule has 1 fully saturated rings. The molecule has 0 aromatic heterocycles. The van der Waals surface area contributed by atoms with E-state index in [-0.39, 0.29) is 49.4 Å². The molecule has 2 aliphatic rings. The fourth-order valence-corrected chi connectivity index (χ4v) is 5.38. The number of benzene rings is 1. The van der Waals surface area contributed by atoms with Gasteiger partial charge in [-0.25, -0.2) is 4.79 Å². The number of esters is 1. The smallest absolute Gasteiger partial charge is 0.412 e. The molecule has 0 radical (unpaired) electrons. The molecule has 232 valence electrons. The number of hydrogen-bond acceptors (Lipinski definition) is 8. The molecule has 4 amide bonds. The van der Waals surface area contributed by atoms with Crippen molar-refractivity contribution in [1.29, 1.82) is 0 Å². The number of rotatable bonds is 9. The summed E-state index contributed by atoms with van der Waals surface area (Å²) in [6.07, 6.45) is 0.0544. The average Bonchev–Trinajstić information content (AvgIpc) is 2.89. The summed E-state index contributed by atoms with van der Waals surface area (Å²) in [5, 5.41) is 2.80. The highest BCUT2D eigenvalue weighted by molar-refractivity contribution is 6.05. The minimum Gasteiger partial charge on any atom is -0.476 e. The third kappa shape index (κ3) is 7.51. The second-order valence-electron chi connectivity index (χ2n) is 11.5. The summed E-state index contributed by atoms with van der Waals surface area (Å²) in [7, 11) is 0. The fourth-order valence-electron chi connectivity index (χ4n) is 5.38. The lowest BCUT2D eigenvalue weighted by molar-refractivity contribution is -0.163. The number of nitrogens with one attached hydrogen (secondary N) is 1. The van der Waals surface area contributed by atoms with Gasteiger partial charge in [-0.2, -0.15) is 0 Å². The molecule has 42 heavy (non-hydrogen) atoms. The van der Waals surface area contributed by atoms with Crippen LogP contribution in [0.15, 0.2) is 12.1 Å². The van der Waals surface area contributed by atoms with Gasteiger partial charge in [-0.15, -0.1) is 0 Å². The van der Waals surface area contributed by atoms with Crippen LogP contribution in [0.1, 0.15) is 83.7 Å². The van der Waals surface area contributed by atoms with E-state index in [0.29, 0.717) is 48.4 Å². The van der Waals surface area contributed by atoms with Crippen molar-refractivity contribution >= 4 is 35.5 Å². The number of carbonyl (C=O) groups is 5. The Balaban J connectivity index is 1.88. The number of anilines is 1. The van der Waals surface area contributed by atoms with Gasteiger partial charge in [0.25, 0.3) is 11.8 Å². The van der Waals surface area contributed by atoms with Crippen molar-refractivity contribution in [2.45, 2.75) is 98.6 Å². The topological polar surface area (TPSA) is 135 Å². The van der Waals surface area contributed by atoms with Crippen LogP contribution >= 0.6 is 0 Å². The quantitative estimate of drug-likeness (QED) is 0.343. The van der Waals surface area contributed by atoms with Crippen LogP contribution < -0.4 is 15.0 Å². The zero-order valence-electron chi connectivity index (χ0n) is 25.9. The molecule has 1 aromatic rings. The summed E-state index contributed by atoms with van der Waals surface area (Å²) in [5.74, 6) is -0.680. The van der Waals surface area contributed by atoms with E-state index in [1.54, 1.807) is 42.7 Å². The first kappa shape index (κ1) is 32.7. The average molecular weight is 589 g/mol. The minimum atomic E-state index is -1.11. The Bertz CT molecular complexity index is 1210. The van der Waals surface area contributed by atoms with Crippen LogP contribution in [0.4, 0.5) is 10.5 Å². The van der Waals surface area contributed by atoms with Gasteiger partial charge in [0.2, 0.25) is 12.2 Å². The third-order valence-electron chi connectivity index (χ3n) is 7.37. The monoisotopic (exact) mass is 588 g/mol. The summed E-state index contributed by atoms with van der Waals surface area (Å²) >= 11 is 0. The Morgan fingerprint density at radius 3 is 2.48 bits per heavy atom. The van der Waals surface area contributed by atoms with Gasteiger partial charge < -0.3 is 34.2 Å². The molecular formula is C30H44N4O8. The van der Waals surface area contributed by atoms with Gasteiger partial charge in [-0.3, -0.25) is 19.2 Å². The van der Waals surface area contributed by atoms with Gasteiger partial charge in [0, 0.05) is 58.1 Å². The molecule has 2 aliphatic heterocycles. The second kappa shape index (κ2) is 13.4. The van der Waals surface area contributed by atoms with E-state index in [4.69, 9.17) is 14.2 Å². The van der Waals surface area contributed by atoms with E-state index >= 15 is 0 Å². The Kier molecular flexibility index (Phi) is 10.5. The van der Waals surface area contributed by atoms with Crippen molar-refractivity contribution < 1.29 is 38.2 Å². The van der Waals surface area contributed by atoms with Crippen LogP contribution in [0.2, 0.25) is 0 Å². The van der Waals surface area contributed by atoms with E-state index in [1.165, 1.54) is 18.7 Å². The lowest BCUT2D eigenvalue weighted by atomic mass is 9.97. The zero-order chi connectivity index (χ0) is 31.4. The number of ether oxygens (including phenoxy) is 3. The second-order valence-corrected chi connectivity index (χ2v) is 11.5. The molecule has 0 bridgehead atoms. The Labute approximate surface area is 247 Å². The van der Waals surface area contributed by atoms with Crippen LogP contribution in [0.25, 0.3) is 0 Å². The first-order valence-corrected chi connectivity index (χ1v) is 14.5. The van der Waals surface area contributed by atoms with Crippen LogP contribution in [0.3, 0.4) is 0 Å². The molecule has 0 spiro atoms. The van der Waals surface area contributed by atoms with E-state index < -0.39 is 24.0 Å². The molecule has 1 N–H and O–H groups in total. The summed E-state index contributed by atoms with van der Waals surface area (Å²) in [5.41, 5.74) is 0.466. The van der Waals surface area contributed by atoms with Crippen molar-refractivity contribution in [3.63, 3.8) is 0 Å². The van der Waals surface area contributed by atoms with Gasteiger partial charge in [0.05, 0.1) is 11.7 Å². The lowest BCUT2D eigenvalue weighted by Crippen LogP contribution is -2.55. The molecular weight excluding hydrogens is 544 g/mol. The van der Waals surface area contributed by atoms with Gasteiger partial charge in [0.15, 0.2) is 5.60 Å². The maximum absolute atomic E-state index is 14.2. The van der Waals surface area contributed by atoms with Crippen LogP contribution in [-0.4, -0.2) is 89.7 Å². The maximum atomic E-state index is 14.2. The minimum absolute atomic E-state index is 0.117. The number of nitrogens with zero attached hydrogens (tertiary/aromatic N) is 3. The van der Waals surface area contributed by atoms with Crippen molar-refractivity contribution in [1.82, 2.24) is 15.1 Å². The third-order valence-corrected chi connectivity index (χ3v) is 7.37. The highest BCUT2D eigenvalue weighted by atomic mass is 16.7. The molecule has 12 heteroatoms. The summed E-state index contributed by atoms with van der Waals surface area (Å²) in [6.45, 7) is 14.7. The first-order chi connectivity index (χ1) is 19.7. The molecule has 1 saturated heterocycles. The zero-order valence-corrected chi connectivity index (χ0v) is 25.9. The Morgan fingerprint density at radius 2 is 1.86 bits per heavy atom. The Hall–Kier alpha value is -3.83. The number of amides is 4. The number of piperidine rings is 1. The molecule has 2 heterocycles. The normalized spacial score (nSPS) is 18.5. The molecule has 0 saturated carbocycles. The van der Waals surface area contributed by atoms with Crippen molar-refractivity contribution in [2.75, 3.05) is 31.1 Å². The summed E-state index contributed by atoms with van der Waals surface area (Å²) in [4.78, 5) is 68.2. The molecule has 2 atom stereocenters. The number of fused-ring (bicyclic) bond motifs is 1. The van der Waals surface area contributed by atoms with Gasteiger partial charge >= 0.3 is 12.1 Å². The van der Waals surface area contributed by atoms with E-state index in [9.17, 15) is 24.0 Å². The molecule has 3 rings (SSSR count). The van der Waals surface area contributed by atoms with E-state index in [2.05, 4.69) is 5.32 Å². The molecule has 0 aliphatic carbocycles. The first-order valence-electron chi connectivity index (χ1n) is 14.5. The predicted octanol–water partition coefficient (Wildman–Crippen LogP) is 3.39. The number of aryl methyl sites for hydroxylation is 1. The van der Waals surface area contributed by atoms with Crippen LogP contribution in [0, 0.1) is 6.92 Å². The van der Waals surface area contributed by atoms with Crippen molar-refractivity contribution in [3.05, 3.63) is 23.3 Å². The summed E-state index contributed by atoms with van der Waals surface area (Å²) in [6, 6.07) is 2.99. The molecule has 12 nitrogen and oxygen atoms in total. The van der Waals surface area contributed by atoms with Crippen molar-refractivity contribution in [2.24, 2.45) is 0 Å². The SMILES string of the molecule is CCC(=O)NCCN1C(=O)C(C)(C)Oc2cc(C)c(C(=O)N(C(C)C)[C@@H]3CCCN(C(=O)OC(C)OC(C)=O)C3)cc21. The number of carbonyl (C=O) groups excluding carboxylic acids is 5. The highest BCUT2D eigenvalue weighted by Gasteiger charge is 2.42. The Morgan fingerprint density at radius 1 is 1.17 bits per heavy atom. The highest BCUT2D eigenvalue weighted by Crippen LogP contribution is 2.40. The fraction of sp³-hybridized carbons (Fsp3) is 0.633. The van der Waals surface area contributed by atoms with Crippen molar-refractivity contribution in [3.8, 4) is 5.75 Å². The predicted molar refractivity (Wildman–Crippen MR) is 155 cm³/mol. The van der Waals surface area contributed by atoms with Crippen LogP contribution in [-0.2, 0) is 23.9 Å². The van der Waals surface area contributed by atoms with Crippen LogP contribution in [0.5, 0.6) is 5.75 Å². The molecule has 1 aromatic carbocycles. The number of likely N-dealkylation sites (tertiary alicyclic amines) is 1. The van der Waals surface area contributed by atoms with Gasteiger partial charge in [-0.05, 0) is 65.2 Å². The number of hydrogen-bond donors (Lipinski definition) is 1. The molecule has 1 unspecified atom stereocenters. The maximum Gasteiger partial charge on any atom is 0.412 e. The van der Waals surface area contributed by atoms with Gasteiger partial charge in [0.1, 0.15) is 5.75 Å². The van der Waals surface area contributed by atoms with E-state index in [1.807, 2.05) is 20.8 Å². The lowest BCUT2D eigenvalue weighted by Gasteiger charge is -2.42. The van der Waals surface area contributed by atoms with E-state index in [0.717, 1.165) is 0 Å². The summed E-state index contributed by atoms with van der Waals surface area (Å²) < 4.78 is 16.2.